The van der Waals surface area contributed by atoms with Crippen LogP contribution in [0.4, 0.5) is 0 Å². The van der Waals surface area contributed by atoms with Gasteiger partial charge in [0.15, 0.2) is 17.5 Å². The zero-order valence-electron chi connectivity index (χ0n) is 29.6. The summed E-state index contributed by atoms with van der Waals surface area (Å²) >= 11 is 0. The molecule has 0 radical (unpaired) electrons. The molecule has 54 heavy (non-hydrogen) atoms. The minimum Gasteiger partial charge on any atom is -0.456 e. The Hall–Kier alpha value is -6.07. The summed E-state index contributed by atoms with van der Waals surface area (Å²) in [7, 11) is 0. The van der Waals surface area contributed by atoms with E-state index < -0.39 is 0 Å². The van der Waals surface area contributed by atoms with Gasteiger partial charge in [0.2, 0.25) is 0 Å². The van der Waals surface area contributed by atoms with Gasteiger partial charge in [-0.05, 0) is 109 Å². The molecular formula is C49H35N3O2. The highest BCUT2D eigenvalue weighted by molar-refractivity contribution is 6.16. The van der Waals surface area contributed by atoms with Crippen LogP contribution in [0, 0.1) is 23.7 Å². The lowest BCUT2D eigenvalue weighted by molar-refractivity contribution is -0.0396. The molecule has 5 heteroatoms. The quantitative estimate of drug-likeness (QED) is 0.184. The van der Waals surface area contributed by atoms with E-state index >= 15 is 0 Å². The number of nitrogens with zero attached hydrogens (tertiary/aromatic N) is 3. The highest BCUT2D eigenvalue weighted by Crippen LogP contribution is 2.70. The normalized spacial score (nSPS) is 23.6. The van der Waals surface area contributed by atoms with Crippen molar-refractivity contribution in [2.45, 2.75) is 37.5 Å². The van der Waals surface area contributed by atoms with Crippen LogP contribution in [0.15, 0.2) is 136 Å². The molecule has 0 N–H and O–H groups in total. The van der Waals surface area contributed by atoms with Gasteiger partial charge < -0.3 is 8.83 Å². The van der Waals surface area contributed by atoms with Crippen LogP contribution in [-0.2, 0) is 5.41 Å². The van der Waals surface area contributed by atoms with Crippen LogP contribution in [0.2, 0.25) is 0 Å². The van der Waals surface area contributed by atoms with Crippen molar-refractivity contribution in [1.82, 2.24) is 15.0 Å². The van der Waals surface area contributed by atoms with Gasteiger partial charge in [0.1, 0.15) is 22.3 Å². The average molecular weight is 698 g/mol. The van der Waals surface area contributed by atoms with E-state index in [1.54, 1.807) is 0 Å². The van der Waals surface area contributed by atoms with Crippen molar-refractivity contribution < 1.29 is 8.83 Å². The summed E-state index contributed by atoms with van der Waals surface area (Å²) < 4.78 is 13.3. The standard InChI is InChI=1S/C49H35N3O2/c1-2-10-29(11-3-1)46-50-47(30-18-19-42-36(25-30)34-13-5-8-16-40(34)53-42)52-48(51-46)38-26-37-33-12-4-7-15-39(33)49(31-21-27-20-28(23-31)24-32(49)22-27)44(37)45-43(38)35-14-6-9-17-41(35)54-45/h1-19,25-28,31-32H,20-24H2. The van der Waals surface area contributed by atoms with Gasteiger partial charge >= 0.3 is 0 Å². The van der Waals surface area contributed by atoms with Crippen molar-refractivity contribution in [1.29, 1.82) is 0 Å². The van der Waals surface area contributed by atoms with Gasteiger partial charge in [-0.1, -0.05) is 91.0 Å². The van der Waals surface area contributed by atoms with Crippen LogP contribution in [0.5, 0.6) is 0 Å². The minimum absolute atomic E-state index is 0.0355. The fourth-order valence-electron chi connectivity index (χ4n) is 11.9. The first-order chi connectivity index (χ1) is 26.7. The summed E-state index contributed by atoms with van der Waals surface area (Å²) in [5.41, 5.74) is 12.0. The molecule has 4 bridgehead atoms. The van der Waals surface area contributed by atoms with E-state index in [4.69, 9.17) is 23.8 Å². The predicted octanol–water partition coefficient (Wildman–Crippen LogP) is 12.4. The summed E-state index contributed by atoms with van der Waals surface area (Å²) in [5, 5.41) is 4.34. The molecule has 0 aliphatic heterocycles. The number of furan rings is 2. The molecule has 4 fully saturated rings. The lowest BCUT2D eigenvalue weighted by Crippen LogP contribution is -2.55. The summed E-state index contributed by atoms with van der Waals surface area (Å²) in [6.45, 7) is 0. The fourth-order valence-corrected chi connectivity index (χ4v) is 11.9. The summed E-state index contributed by atoms with van der Waals surface area (Å²) in [5.74, 6) is 4.90. The first-order valence-electron chi connectivity index (χ1n) is 19.5. The summed E-state index contributed by atoms with van der Waals surface area (Å²) in [6, 6.07) is 44.9. The van der Waals surface area contributed by atoms with Crippen LogP contribution < -0.4 is 0 Å². The first-order valence-corrected chi connectivity index (χ1v) is 19.5. The van der Waals surface area contributed by atoms with Gasteiger partial charge in [-0.25, -0.2) is 15.0 Å². The zero-order chi connectivity index (χ0) is 35.1. The fraction of sp³-hybridized carbons (Fsp3) is 0.204. The Balaban J connectivity index is 1.11. The van der Waals surface area contributed by atoms with Gasteiger partial charge in [0.25, 0.3) is 0 Å². The van der Waals surface area contributed by atoms with Crippen LogP contribution >= 0.6 is 0 Å². The molecule has 9 aromatic rings. The maximum Gasteiger partial charge on any atom is 0.164 e. The lowest BCUT2D eigenvalue weighted by Gasteiger charge is -2.61. The second-order valence-corrected chi connectivity index (χ2v) is 16.3. The molecule has 1 spiro atoms. The molecule has 14 rings (SSSR count). The molecule has 0 atom stereocenters. The number of aromatic nitrogens is 3. The molecule has 5 aliphatic carbocycles. The molecular weight excluding hydrogens is 663 g/mol. The van der Waals surface area contributed by atoms with E-state index in [0.29, 0.717) is 29.3 Å². The molecule has 258 valence electrons. The minimum atomic E-state index is -0.0355. The van der Waals surface area contributed by atoms with E-state index in [-0.39, 0.29) is 5.41 Å². The Kier molecular flexibility index (Phi) is 5.74. The van der Waals surface area contributed by atoms with Crippen LogP contribution in [0.25, 0.3) is 89.2 Å². The van der Waals surface area contributed by atoms with Gasteiger partial charge in [0.05, 0.1) is 0 Å². The predicted molar refractivity (Wildman–Crippen MR) is 214 cm³/mol. The third-order valence-corrected chi connectivity index (χ3v) is 13.7. The molecule has 5 nitrogen and oxygen atoms in total. The number of para-hydroxylation sites is 2. The molecule has 0 saturated heterocycles. The SMILES string of the molecule is c1ccc(-c2nc(-c3ccc4oc5ccccc5c4c3)nc(-c3cc4c(c5oc6ccccc6c35)C3(c5ccccc5-4)C4CC5CC(C4)CC3C5)n2)cc1. The van der Waals surface area contributed by atoms with Crippen molar-refractivity contribution >= 4 is 43.9 Å². The van der Waals surface area contributed by atoms with Crippen LogP contribution in [-0.4, -0.2) is 15.0 Å². The monoisotopic (exact) mass is 697 g/mol. The lowest BCUT2D eigenvalue weighted by atomic mass is 9.43. The number of fused-ring (bicyclic) bond motifs is 10. The summed E-state index contributed by atoms with van der Waals surface area (Å²) in [4.78, 5) is 15.8. The molecule has 4 saturated carbocycles. The van der Waals surface area contributed by atoms with Crippen LogP contribution in [0.1, 0.15) is 43.2 Å². The molecule has 3 heterocycles. The Labute approximate surface area is 311 Å². The topological polar surface area (TPSA) is 65.0 Å². The molecule has 6 aromatic carbocycles. The number of rotatable bonds is 3. The number of benzene rings is 6. The van der Waals surface area contributed by atoms with E-state index in [1.807, 2.05) is 36.4 Å². The first kappa shape index (κ1) is 29.4. The van der Waals surface area contributed by atoms with Gasteiger partial charge in [-0.2, -0.15) is 0 Å². The van der Waals surface area contributed by atoms with Gasteiger partial charge in [-0.15, -0.1) is 0 Å². The smallest absolute Gasteiger partial charge is 0.164 e. The van der Waals surface area contributed by atoms with Gasteiger partial charge in [-0.3, -0.25) is 0 Å². The number of hydrogen-bond donors (Lipinski definition) is 0. The maximum absolute atomic E-state index is 7.15. The van der Waals surface area contributed by atoms with E-state index in [0.717, 1.165) is 72.4 Å². The Bertz CT molecular complexity index is 3000. The largest absolute Gasteiger partial charge is 0.456 e. The Morgan fingerprint density at radius 1 is 0.463 bits per heavy atom. The molecule has 0 amide bonds. The second-order valence-electron chi connectivity index (χ2n) is 16.3. The van der Waals surface area contributed by atoms with Gasteiger partial charge in [0, 0.05) is 49.2 Å². The molecule has 0 unspecified atom stereocenters. The van der Waals surface area contributed by atoms with Crippen molar-refractivity contribution in [3.8, 4) is 45.3 Å². The molecule has 5 aliphatic rings. The highest BCUT2D eigenvalue weighted by atomic mass is 16.3. The second kappa shape index (κ2) is 10.5. The number of hydrogen-bond acceptors (Lipinski definition) is 5. The van der Waals surface area contributed by atoms with E-state index in [9.17, 15) is 0 Å². The summed E-state index contributed by atoms with van der Waals surface area (Å²) in [6.07, 6.45) is 6.69. The van der Waals surface area contributed by atoms with Crippen LogP contribution in [0.3, 0.4) is 0 Å². The van der Waals surface area contributed by atoms with Crippen molar-refractivity contribution in [2.24, 2.45) is 23.7 Å². The zero-order valence-corrected chi connectivity index (χ0v) is 29.6. The Morgan fingerprint density at radius 2 is 1.09 bits per heavy atom. The third-order valence-electron chi connectivity index (χ3n) is 13.7. The van der Waals surface area contributed by atoms with E-state index in [2.05, 4.69) is 91.0 Å². The molecule has 3 aromatic heterocycles. The highest BCUT2D eigenvalue weighted by Gasteiger charge is 2.62. The third kappa shape index (κ3) is 3.81. The average Bonchev–Trinajstić information content (AvgIpc) is 3.88. The van der Waals surface area contributed by atoms with Crippen molar-refractivity contribution in [2.75, 3.05) is 0 Å². The maximum atomic E-state index is 7.15. The Morgan fingerprint density at radius 3 is 1.89 bits per heavy atom. The van der Waals surface area contributed by atoms with Crippen molar-refractivity contribution in [3.05, 3.63) is 139 Å². The van der Waals surface area contributed by atoms with Crippen molar-refractivity contribution in [3.63, 3.8) is 0 Å². The van der Waals surface area contributed by atoms with E-state index in [1.165, 1.54) is 54.4 Å².